The minimum atomic E-state index is -1.03. The number of amides is 1. The first-order valence-electron chi connectivity index (χ1n) is 7.61. The molecule has 8 heteroatoms. The van der Waals surface area contributed by atoms with Crippen LogP contribution in [0.5, 0.6) is 5.75 Å². The molecule has 1 amide bonds. The lowest BCUT2D eigenvalue weighted by Crippen LogP contribution is -2.22. The smallest absolute Gasteiger partial charge is 0.349 e. The first-order valence-corrected chi connectivity index (χ1v) is 7.61. The van der Waals surface area contributed by atoms with Crippen molar-refractivity contribution >= 4 is 23.6 Å². The number of halogens is 2. The molecule has 0 bridgehead atoms. The summed E-state index contributed by atoms with van der Waals surface area (Å²) in [7, 11) is 1.47. The van der Waals surface area contributed by atoms with Crippen LogP contribution >= 0.6 is 0 Å². The molecule has 1 N–H and O–H groups in total. The van der Waals surface area contributed by atoms with Gasteiger partial charge in [-0.25, -0.2) is 13.6 Å². The van der Waals surface area contributed by atoms with Crippen LogP contribution in [0.15, 0.2) is 48.0 Å². The Morgan fingerprint density at radius 2 is 2.00 bits per heavy atom. The maximum atomic E-state index is 13.5. The number of methoxy groups -OCH3 is 1. The van der Waals surface area contributed by atoms with E-state index in [1.165, 1.54) is 13.2 Å². The van der Waals surface area contributed by atoms with Crippen molar-refractivity contribution in [3.63, 3.8) is 0 Å². The highest BCUT2D eigenvalue weighted by Crippen LogP contribution is 2.16. The van der Waals surface area contributed by atoms with Gasteiger partial charge in [-0.1, -0.05) is 12.1 Å². The molecule has 0 heterocycles. The molecule has 0 saturated heterocycles. The van der Waals surface area contributed by atoms with Crippen LogP contribution in [-0.4, -0.2) is 25.6 Å². The number of nitrogens with zero attached hydrogens (tertiary/aromatic N) is 1. The standard InChI is InChI=1S/C19H14F2N2O4/c1-26-15-4-2-3-12(8-15)7-13(10-22)19(25)27-11-18(24)23-17-9-14(20)5-6-16(17)21/h2-9H,11H2,1H3,(H,23,24)/b13-7+. The van der Waals surface area contributed by atoms with Crippen molar-refractivity contribution in [2.75, 3.05) is 19.0 Å². The summed E-state index contributed by atoms with van der Waals surface area (Å²) < 4.78 is 36.3. The summed E-state index contributed by atoms with van der Waals surface area (Å²) in [6.45, 7) is -0.772. The molecule has 27 heavy (non-hydrogen) atoms. The fraction of sp³-hybridized carbons (Fsp3) is 0.105. The third kappa shape index (κ3) is 5.64. The third-order valence-electron chi connectivity index (χ3n) is 3.28. The van der Waals surface area contributed by atoms with Gasteiger partial charge in [-0.3, -0.25) is 4.79 Å². The third-order valence-corrected chi connectivity index (χ3v) is 3.28. The van der Waals surface area contributed by atoms with E-state index < -0.39 is 30.1 Å². The Labute approximate surface area is 153 Å². The second-order valence-corrected chi connectivity index (χ2v) is 5.19. The van der Waals surface area contributed by atoms with Crippen LogP contribution in [-0.2, 0) is 14.3 Å². The highest BCUT2D eigenvalue weighted by Gasteiger charge is 2.14. The summed E-state index contributed by atoms with van der Waals surface area (Å²) in [5.74, 6) is -2.96. The van der Waals surface area contributed by atoms with Crippen molar-refractivity contribution in [1.29, 1.82) is 5.26 Å². The summed E-state index contributed by atoms with van der Waals surface area (Å²) in [5.41, 5.74) is -0.203. The van der Waals surface area contributed by atoms with Gasteiger partial charge < -0.3 is 14.8 Å². The molecular formula is C19H14F2N2O4. The lowest BCUT2D eigenvalue weighted by atomic mass is 10.1. The fourth-order valence-corrected chi connectivity index (χ4v) is 2.02. The van der Waals surface area contributed by atoms with Crippen LogP contribution in [0.1, 0.15) is 5.56 Å². The molecule has 0 spiro atoms. The number of esters is 1. The second-order valence-electron chi connectivity index (χ2n) is 5.19. The van der Waals surface area contributed by atoms with Crippen molar-refractivity contribution in [2.24, 2.45) is 0 Å². The van der Waals surface area contributed by atoms with Gasteiger partial charge in [0.15, 0.2) is 6.61 Å². The predicted octanol–water partition coefficient (Wildman–Crippen LogP) is 3.06. The monoisotopic (exact) mass is 372 g/mol. The van der Waals surface area contributed by atoms with E-state index in [4.69, 9.17) is 14.7 Å². The second kappa shape index (κ2) is 9.10. The van der Waals surface area contributed by atoms with Gasteiger partial charge >= 0.3 is 5.97 Å². The number of carbonyl (C=O) groups excluding carboxylic acids is 2. The Kier molecular flexibility index (Phi) is 6.61. The number of hydrogen-bond donors (Lipinski definition) is 1. The number of rotatable bonds is 6. The van der Waals surface area contributed by atoms with E-state index in [2.05, 4.69) is 5.32 Å². The normalized spacial score (nSPS) is 10.7. The predicted molar refractivity (Wildman–Crippen MR) is 92.5 cm³/mol. The highest BCUT2D eigenvalue weighted by atomic mass is 19.1. The molecule has 2 aromatic rings. The van der Waals surface area contributed by atoms with Crippen LogP contribution < -0.4 is 10.1 Å². The molecular weight excluding hydrogens is 358 g/mol. The van der Waals surface area contributed by atoms with Gasteiger partial charge in [0.2, 0.25) is 0 Å². The summed E-state index contributed by atoms with van der Waals surface area (Å²) >= 11 is 0. The Balaban J connectivity index is 2.00. The number of nitriles is 1. The van der Waals surface area contributed by atoms with E-state index in [1.54, 1.807) is 30.3 Å². The van der Waals surface area contributed by atoms with Gasteiger partial charge in [0.25, 0.3) is 5.91 Å². The average Bonchev–Trinajstić information content (AvgIpc) is 2.67. The lowest BCUT2D eigenvalue weighted by molar-refractivity contribution is -0.142. The van der Waals surface area contributed by atoms with Crippen LogP contribution in [0.2, 0.25) is 0 Å². The number of benzene rings is 2. The van der Waals surface area contributed by atoms with Crippen LogP contribution in [0.4, 0.5) is 14.5 Å². The number of hydrogen-bond acceptors (Lipinski definition) is 5. The van der Waals surface area contributed by atoms with Crippen LogP contribution in [0, 0.1) is 23.0 Å². The van der Waals surface area contributed by atoms with E-state index in [-0.39, 0.29) is 11.3 Å². The molecule has 6 nitrogen and oxygen atoms in total. The van der Waals surface area contributed by atoms with Gasteiger partial charge in [-0.2, -0.15) is 5.26 Å². The molecule has 0 saturated carbocycles. The average molecular weight is 372 g/mol. The Hall–Kier alpha value is -3.73. The zero-order valence-corrected chi connectivity index (χ0v) is 14.2. The lowest BCUT2D eigenvalue weighted by Gasteiger charge is -2.07. The molecule has 138 valence electrons. The van der Waals surface area contributed by atoms with Gasteiger partial charge in [0, 0.05) is 6.07 Å². The fourth-order valence-electron chi connectivity index (χ4n) is 2.02. The molecule has 0 fully saturated rings. The first-order chi connectivity index (χ1) is 12.9. The van der Waals surface area contributed by atoms with Crippen molar-refractivity contribution in [3.05, 3.63) is 65.2 Å². The molecule has 2 rings (SSSR count). The molecule has 0 aliphatic carbocycles. The number of carbonyl (C=O) groups is 2. The number of ether oxygens (including phenoxy) is 2. The molecule has 0 atom stereocenters. The maximum absolute atomic E-state index is 13.5. The van der Waals surface area contributed by atoms with Crippen molar-refractivity contribution in [3.8, 4) is 11.8 Å². The highest BCUT2D eigenvalue weighted by molar-refractivity contribution is 6.00. The van der Waals surface area contributed by atoms with Crippen molar-refractivity contribution in [1.82, 2.24) is 0 Å². The van der Waals surface area contributed by atoms with Gasteiger partial charge in [0.1, 0.15) is 29.0 Å². The Bertz CT molecular complexity index is 936. The van der Waals surface area contributed by atoms with E-state index in [1.807, 2.05) is 0 Å². The van der Waals surface area contributed by atoms with Crippen molar-refractivity contribution < 1.29 is 27.8 Å². The quantitative estimate of drug-likeness (QED) is 0.478. The Morgan fingerprint density at radius 1 is 1.22 bits per heavy atom. The minimum Gasteiger partial charge on any atom is -0.497 e. The van der Waals surface area contributed by atoms with E-state index in [0.717, 1.165) is 18.2 Å². The molecule has 0 unspecified atom stereocenters. The molecule has 0 aromatic heterocycles. The summed E-state index contributed by atoms with van der Waals surface area (Å²) in [5, 5.41) is 11.2. The largest absolute Gasteiger partial charge is 0.497 e. The van der Waals surface area contributed by atoms with E-state index in [0.29, 0.717) is 11.3 Å². The van der Waals surface area contributed by atoms with Gasteiger partial charge in [0.05, 0.1) is 12.8 Å². The minimum absolute atomic E-state index is 0.340. The zero-order valence-electron chi connectivity index (χ0n) is 14.2. The molecule has 0 aliphatic rings. The number of nitrogens with one attached hydrogen (secondary N) is 1. The molecule has 0 aliphatic heterocycles. The van der Waals surface area contributed by atoms with Crippen LogP contribution in [0.3, 0.4) is 0 Å². The van der Waals surface area contributed by atoms with E-state index in [9.17, 15) is 18.4 Å². The van der Waals surface area contributed by atoms with Crippen molar-refractivity contribution in [2.45, 2.75) is 0 Å². The van der Waals surface area contributed by atoms with Gasteiger partial charge in [-0.05, 0) is 35.9 Å². The summed E-state index contributed by atoms with van der Waals surface area (Å²) in [6.07, 6.45) is 1.27. The first kappa shape index (κ1) is 19.6. The number of anilines is 1. The van der Waals surface area contributed by atoms with Crippen LogP contribution in [0.25, 0.3) is 6.08 Å². The maximum Gasteiger partial charge on any atom is 0.349 e. The summed E-state index contributed by atoms with van der Waals surface area (Å²) in [4.78, 5) is 23.7. The zero-order chi connectivity index (χ0) is 19.8. The topological polar surface area (TPSA) is 88.4 Å². The molecule has 0 radical (unpaired) electrons. The SMILES string of the molecule is COc1cccc(/C=C(\C#N)C(=O)OCC(=O)Nc2cc(F)ccc2F)c1. The molecule has 2 aromatic carbocycles. The Morgan fingerprint density at radius 3 is 2.70 bits per heavy atom. The summed E-state index contributed by atoms with van der Waals surface area (Å²) in [6, 6.07) is 10.8. The van der Waals surface area contributed by atoms with E-state index >= 15 is 0 Å². The van der Waals surface area contributed by atoms with Gasteiger partial charge in [-0.15, -0.1) is 0 Å².